The predicted molar refractivity (Wildman–Crippen MR) is 67.1 cm³/mol. The summed E-state index contributed by atoms with van der Waals surface area (Å²) in [6.45, 7) is 10.5. The molecule has 1 nitrogen and oxygen atoms in total. The van der Waals surface area contributed by atoms with E-state index in [-0.39, 0.29) is 0 Å². The Balaban J connectivity index is 2.02. The fourth-order valence-corrected chi connectivity index (χ4v) is 3.30. The van der Waals surface area contributed by atoms with Crippen molar-refractivity contribution in [2.45, 2.75) is 46.5 Å². The van der Waals surface area contributed by atoms with E-state index in [2.05, 4.69) is 26.5 Å². The number of hydrogen-bond donors (Lipinski definition) is 0. The molecule has 0 aromatic rings. The first kappa shape index (κ1) is 11.6. The third-order valence-electron chi connectivity index (χ3n) is 4.41. The lowest BCUT2D eigenvalue weighted by molar-refractivity contribution is -0.117. The van der Waals surface area contributed by atoms with E-state index < -0.39 is 0 Å². The smallest absolute Gasteiger partial charge is 0.129 e. The van der Waals surface area contributed by atoms with E-state index in [1.165, 1.54) is 17.6 Å². The molecule has 0 heterocycles. The zero-order valence-electron chi connectivity index (χ0n) is 10.7. The molecule has 1 fully saturated rings. The van der Waals surface area contributed by atoms with Crippen LogP contribution in [0.4, 0.5) is 0 Å². The van der Waals surface area contributed by atoms with E-state index >= 15 is 0 Å². The molecule has 0 aromatic carbocycles. The molecule has 0 aliphatic heterocycles. The van der Waals surface area contributed by atoms with Crippen LogP contribution in [0.1, 0.15) is 46.5 Å². The van der Waals surface area contributed by atoms with Gasteiger partial charge in [0.05, 0.1) is 0 Å². The summed E-state index contributed by atoms with van der Waals surface area (Å²) in [4.78, 5) is 11.0. The molecule has 0 radical (unpaired) electrons. The van der Waals surface area contributed by atoms with Gasteiger partial charge in [0, 0.05) is 6.42 Å². The summed E-state index contributed by atoms with van der Waals surface area (Å²) in [5.41, 5.74) is 3.22. The normalized spacial score (nSPS) is 31.4. The quantitative estimate of drug-likeness (QED) is 0.699. The molecule has 0 amide bonds. The third kappa shape index (κ3) is 1.88. The standard InChI is InChI=1S/C15H22O/c1-10-6-5-7-12(10)14-13(15(14,3)4)9-8-11(2)16/h7,13-14H,1,5-6,8-9H2,2-4H3/t13-,14+/m0/s1. The molecule has 0 bridgehead atoms. The third-order valence-corrected chi connectivity index (χ3v) is 4.41. The summed E-state index contributed by atoms with van der Waals surface area (Å²) in [5, 5.41) is 0. The Morgan fingerprint density at radius 2 is 2.25 bits per heavy atom. The number of Topliss-reactive ketones (excluding diaryl/α,β-unsaturated/α-hetero) is 1. The molecule has 2 rings (SSSR count). The summed E-state index contributed by atoms with van der Waals surface area (Å²) in [6.07, 6.45) is 6.46. The van der Waals surface area contributed by atoms with Crippen molar-refractivity contribution in [3.63, 3.8) is 0 Å². The van der Waals surface area contributed by atoms with Gasteiger partial charge in [-0.2, -0.15) is 0 Å². The monoisotopic (exact) mass is 218 g/mol. The van der Waals surface area contributed by atoms with Crippen molar-refractivity contribution < 1.29 is 4.79 Å². The van der Waals surface area contributed by atoms with Crippen LogP contribution in [0.5, 0.6) is 0 Å². The second-order valence-corrected chi connectivity index (χ2v) is 5.95. The molecule has 16 heavy (non-hydrogen) atoms. The fraction of sp³-hybridized carbons (Fsp3) is 0.667. The summed E-state index contributed by atoms with van der Waals surface area (Å²) >= 11 is 0. The maximum atomic E-state index is 11.0. The predicted octanol–water partition coefficient (Wildman–Crippen LogP) is 3.90. The summed E-state index contributed by atoms with van der Waals surface area (Å²) in [7, 11) is 0. The highest BCUT2D eigenvalue weighted by Gasteiger charge is 2.58. The zero-order chi connectivity index (χ0) is 11.9. The summed E-state index contributed by atoms with van der Waals surface area (Å²) in [5.74, 6) is 1.68. The molecule has 0 spiro atoms. The van der Waals surface area contributed by atoms with Crippen LogP contribution >= 0.6 is 0 Å². The maximum Gasteiger partial charge on any atom is 0.129 e. The Labute approximate surface area is 98.6 Å². The molecule has 1 saturated carbocycles. The summed E-state index contributed by atoms with van der Waals surface area (Å²) < 4.78 is 0. The van der Waals surface area contributed by atoms with Gasteiger partial charge in [0.1, 0.15) is 5.78 Å². The van der Waals surface area contributed by atoms with Crippen LogP contribution in [-0.4, -0.2) is 5.78 Å². The number of allylic oxidation sites excluding steroid dienone is 3. The molecule has 2 aliphatic carbocycles. The van der Waals surface area contributed by atoms with Crippen molar-refractivity contribution in [2.24, 2.45) is 17.3 Å². The van der Waals surface area contributed by atoms with Crippen molar-refractivity contribution in [1.82, 2.24) is 0 Å². The lowest BCUT2D eigenvalue weighted by Crippen LogP contribution is -1.94. The van der Waals surface area contributed by atoms with Crippen LogP contribution in [-0.2, 0) is 4.79 Å². The van der Waals surface area contributed by atoms with Gasteiger partial charge in [-0.3, -0.25) is 0 Å². The summed E-state index contributed by atoms with van der Waals surface area (Å²) in [6, 6.07) is 0. The van der Waals surface area contributed by atoms with Crippen LogP contribution in [0.2, 0.25) is 0 Å². The molecule has 2 atom stereocenters. The second-order valence-electron chi connectivity index (χ2n) is 5.95. The number of carbonyl (C=O) groups is 1. The van der Waals surface area contributed by atoms with Crippen LogP contribution in [0.15, 0.2) is 23.8 Å². The first-order chi connectivity index (χ1) is 7.44. The van der Waals surface area contributed by atoms with Gasteiger partial charge in [0.15, 0.2) is 0 Å². The van der Waals surface area contributed by atoms with Crippen molar-refractivity contribution in [2.75, 3.05) is 0 Å². The molecule has 0 N–H and O–H groups in total. The highest BCUT2D eigenvalue weighted by atomic mass is 16.1. The lowest BCUT2D eigenvalue weighted by Gasteiger charge is -2.05. The number of rotatable bonds is 4. The first-order valence-corrected chi connectivity index (χ1v) is 6.32. The van der Waals surface area contributed by atoms with Gasteiger partial charge in [0.25, 0.3) is 0 Å². The molecule has 88 valence electrons. The van der Waals surface area contributed by atoms with Gasteiger partial charge in [-0.25, -0.2) is 0 Å². The molecule has 2 aliphatic rings. The van der Waals surface area contributed by atoms with Gasteiger partial charge >= 0.3 is 0 Å². The van der Waals surface area contributed by atoms with Gasteiger partial charge < -0.3 is 4.79 Å². The number of hydrogen-bond acceptors (Lipinski definition) is 1. The Morgan fingerprint density at radius 1 is 1.56 bits per heavy atom. The van der Waals surface area contributed by atoms with Crippen LogP contribution in [0.25, 0.3) is 0 Å². The molecular weight excluding hydrogens is 196 g/mol. The largest absolute Gasteiger partial charge is 0.300 e. The van der Waals surface area contributed by atoms with Crippen molar-refractivity contribution in [3.8, 4) is 0 Å². The SMILES string of the molecule is C=C1CCC=C1[C@@H]1[C@H](CCC(C)=O)C1(C)C. The van der Waals surface area contributed by atoms with E-state index in [4.69, 9.17) is 0 Å². The van der Waals surface area contributed by atoms with Gasteiger partial charge in [-0.15, -0.1) is 0 Å². The van der Waals surface area contributed by atoms with Crippen molar-refractivity contribution in [3.05, 3.63) is 23.8 Å². The molecular formula is C15H22O. The van der Waals surface area contributed by atoms with E-state index in [1.807, 2.05) is 0 Å². The van der Waals surface area contributed by atoms with Crippen LogP contribution < -0.4 is 0 Å². The molecule has 1 heteroatoms. The van der Waals surface area contributed by atoms with Crippen LogP contribution in [0.3, 0.4) is 0 Å². The van der Waals surface area contributed by atoms with E-state index in [9.17, 15) is 4.79 Å². The highest BCUT2D eigenvalue weighted by Crippen LogP contribution is 2.65. The number of carbonyl (C=O) groups excluding carboxylic acids is 1. The van der Waals surface area contributed by atoms with Gasteiger partial charge in [0.2, 0.25) is 0 Å². The molecule has 0 saturated heterocycles. The Kier molecular flexibility index (Phi) is 2.81. The van der Waals surface area contributed by atoms with E-state index in [1.54, 1.807) is 6.92 Å². The minimum absolute atomic E-state index is 0.320. The minimum atomic E-state index is 0.320. The Bertz CT molecular complexity index is 360. The van der Waals surface area contributed by atoms with E-state index in [0.717, 1.165) is 19.3 Å². The average molecular weight is 218 g/mol. The van der Waals surface area contributed by atoms with Gasteiger partial charge in [-0.05, 0) is 49.0 Å². The Hall–Kier alpha value is -0.850. The fourth-order valence-electron chi connectivity index (χ4n) is 3.30. The Morgan fingerprint density at radius 3 is 2.75 bits per heavy atom. The zero-order valence-corrected chi connectivity index (χ0v) is 10.7. The highest BCUT2D eigenvalue weighted by molar-refractivity contribution is 5.75. The van der Waals surface area contributed by atoms with Gasteiger partial charge in [-0.1, -0.05) is 32.1 Å². The molecule has 0 aromatic heterocycles. The van der Waals surface area contributed by atoms with Crippen molar-refractivity contribution in [1.29, 1.82) is 0 Å². The second kappa shape index (κ2) is 3.87. The van der Waals surface area contributed by atoms with E-state index in [0.29, 0.717) is 23.0 Å². The van der Waals surface area contributed by atoms with Crippen LogP contribution in [0, 0.1) is 17.3 Å². The maximum absolute atomic E-state index is 11.0. The van der Waals surface area contributed by atoms with Crippen molar-refractivity contribution >= 4 is 5.78 Å². The topological polar surface area (TPSA) is 17.1 Å². The minimum Gasteiger partial charge on any atom is -0.300 e. The lowest BCUT2D eigenvalue weighted by atomic mass is 10.00. The average Bonchev–Trinajstić information content (AvgIpc) is 2.53. The molecule has 0 unspecified atom stereocenters. The first-order valence-electron chi connectivity index (χ1n) is 6.32. The number of ketones is 1.